The average Bonchev–Trinajstić information content (AvgIpc) is 2.44. The zero-order valence-electron chi connectivity index (χ0n) is 8.00. The van der Waals surface area contributed by atoms with Crippen LogP contribution in [0, 0.1) is 17.8 Å². The van der Waals surface area contributed by atoms with Gasteiger partial charge in [-0.3, -0.25) is 4.90 Å². The van der Waals surface area contributed by atoms with Crippen molar-refractivity contribution in [3.8, 4) is 0 Å². The highest BCUT2D eigenvalue weighted by atomic mass is 15.1. The van der Waals surface area contributed by atoms with Crippen LogP contribution < -0.4 is 0 Å². The number of hydrogen-bond acceptors (Lipinski definition) is 1. The van der Waals surface area contributed by atoms with Crippen LogP contribution in [0.5, 0.6) is 0 Å². The van der Waals surface area contributed by atoms with Gasteiger partial charge in [-0.25, -0.2) is 0 Å². The first kappa shape index (κ1) is 8.31. The van der Waals surface area contributed by atoms with Crippen molar-refractivity contribution in [2.75, 3.05) is 19.6 Å². The third-order valence-corrected chi connectivity index (χ3v) is 3.45. The highest BCUT2D eigenvalue weighted by Gasteiger charge is 2.38. The molecule has 0 radical (unpaired) electrons. The Kier molecular flexibility index (Phi) is 2.22. The minimum absolute atomic E-state index is 0.992. The average molecular weight is 165 g/mol. The molecule has 2 rings (SSSR count). The zero-order valence-corrected chi connectivity index (χ0v) is 8.00. The van der Waals surface area contributed by atoms with Crippen LogP contribution >= 0.6 is 0 Å². The van der Waals surface area contributed by atoms with Crippen LogP contribution in [-0.4, -0.2) is 24.5 Å². The molecule has 2 fully saturated rings. The maximum Gasteiger partial charge on any atom is 0.0160 e. The van der Waals surface area contributed by atoms with Gasteiger partial charge >= 0.3 is 0 Å². The quantitative estimate of drug-likeness (QED) is 0.567. The first-order valence-corrected chi connectivity index (χ1v) is 5.13. The van der Waals surface area contributed by atoms with E-state index in [1.807, 2.05) is 6.08 Å². The number of fused-ring (bicyclic) bond motifs is 1. The van der Waals surface area contributed by atoms with Crippen molar-refractivity contribution in [3.63, 3.8) is 0 Å². The number of likely N-dealkylation sites (tertiary alicyclic amines) is 1. The van der Waals surface area contributed by atoms with Crippen molar-refractivity contribution in [2.24, 2.45) is 17.8 Å². The van der Waals surface area contributed by atoms with Crippen molar-refractivity contribution in [3.05, 3.63) is 12.7 Å². The van der Waals surface area contributed by atoms with Gasteiger partial charge in [0.2, 0.25) is 0 Å². The molecule has 68 valence electrons. The minimum Gasteiger partial charge on any atom is -0.299 e. The van der Waals surface area contributed by atoms with Crippen LogP contribution in [0.1, 0.15) is 19.8 Å². The van der Waals surface area contributed by atoms with E-state index in [9.17, 15) is 0 Å². The first-order chi connectivity index (χ1) is 5.79. The maximum atomic E-state index is 3.79. The molecule has 1 aliphatic heterocycles. The van der Waals surface area contributed by atoms with Gasteiger partial charge in [-0.15, -0.1) is 6.58 Å². The molecule has 12 heavy (non-hydrogen) atoms. The van der Waals surface area contributed by atoms with Crippen LogP contribution in [0.3, 0.4) is 0 Å². The second kappa shape index (κ2) is 3.21. The van der Waals surface area contributed by atoms with Crippen LogP contribution in [0.15, 0.2) is 12.7 Å². The standard InChI is InChI=1S/C11H19N/c1-3-4-12-7-10-5-9(2)6-11(10)8-12/h3,9-11H,1,4-8H2,2H3. The predicted molar refractivity (Wildman–Crippen MR) is 52.0 cm³/mol. The van der Waals surface area contributed by atoms with Crippen LogP contribution in [-0.2, 0) is 0 Å². The molecule has 2 aliphatic rings. The van der Waals surface area contributed by atoms with E-state index in [4.69, 9.17) is 0 Å². The molecule has 0 spiro atoms. The van der Waals surface area contributed by atoms with E-state index in [-0.39, 0.29) is 0 Å². The summed E-state index contributed by atoms with van der Waals surface area (Å²) in [5.41, 5.74) is 0. The number of rotatable bonds is 2. The van der Waals surface area contributed by atoms with Gasteiger partial charge in [0.05, 0.1) is 0 Å². The SMILES string of the molecule is C=CCN1CC2CC(C)CC2C1. The fraction of sp³-hybridized carbons (Fsp3) is 0.818. The van der Waals surface area contributed by atoms with E-state index < -0.39 is 0 Å². The van der Waals surface area contributed by atoms with E-state index in [0.717, 1.165) is 24.3 Å². The molecule has 0 aromatic rings. The Bertz CT molecular complexity index is 162. The lowest BCUT2D eigenvalue weighted by Crippen LogP contribution is -2.21. The molecule has 0 bridgehead atoms. The normalized spacial score (nSPS) is 41.6. The summed E-state index contributed by atoms with van der Waals surface area (Å²) in [5.74, 6) is 3.02. The van der Waals surface area contributed by atoms with Gasteiger partial charge < -0.3 is 0 Å². The second-order valence-electron chi connectivity index (χ2n) is 4.60. The van der Waals surface area contributed by atoms with Gasteiger partial charge in [0.25, 0.3) is 0 Å². The molecule has 1 aliphatic carbocycles. The molecular weight excluding hydrogens is 146 g/mol. The van der Waals surface area contributed by atoms with Crippen molar-refractivity contribution in [1.82, 2.24) is 4.90 Å². The fourth-order valence-corrected chi connectivity index (χ4v) is 3.03. The first-order valence-electron chi connectivity index (χ1n) is 5.13. The van der Waals surface area contributed by atoms with Gasteiger partial charge in [0, 0.05) is 19.6 Å². The van der Waals surface area contributed by atoms with Gasteiger partial charge in [0.1, 0.15) is 0 Å². The molecule has 0 amide bonds. The Hall–Kier alpha value is -0.300. The summed E-state index contributed by atoms with van der Waals surface area (Å²) in [4.78, 5) is 2.55. The molecule has 0 aromatic carbocycles. The van der Waals surface area contributed by atoms with Crippen LogP contribution in [0.4, 0.5) is 0 Å². The van der Waals surface area contributed by atoms with Crippen molar-refractivity contribution in [1.29, 1.82) is 0 Å². The molecule has 1 saturated carbocycles. The molecule has 1 nitrogen and oxygen atoms in total. The van der Waals surface area contributed by atoms with Gasteiger partial charge in [-0.1, -0.05) is 13.0 Å². The highest BCUT2D eigenvalue weighted by Crippen LogP contribution is 2.40. The van der Waals surface area contributed by atoms with E-state index >= 15 is 0 Å². The highest BCUT2D eigenvalue weighted by molar-refractivity contribution is 4.92. The summed E-state index contributed by atoms with van der Waals surface area (Å²) in [6.07, 6.45) is 4.97. The molecule has 2 atom stereocenters. The monoisotopic (exact) mass is 165 g/mol. The summed E-state index contributed by atoms with van der Waals surface area (Å²) in [5, 5.41) is 0. The summed E-state index contributed by atoms with van der Waals surface area (Å²) in [6, 6.07) is 0. The topological polar surface area (TPSA) is 3.24 Å². The Morgan fingerprint density at radius 3 is 2.42 bits per heavy atom. The summed E-state index contributed by atoms with van der Waals surface area (Å²) >= 11 is 0. The smallest absolute Gasteiger partial charge is 0.0160 e. The van der Waals surface area contributed by atoms with Crippen LogP contribution in [0.25, 0.3) is 0 Å². The summed E-state index contributed by atoms with van der Waals surface area (Å²) in [6.45, 7) is 9.96. The Morgan fingerprint density at radius 1 is 1.33 bits per heavy atom. The largest absolute Gasteiger partial charge is 0.299 e. The van der Waals surface area contributed by atoms with E-state index in [1.54, 1.807) is 0 Å². The van der Waals surface area contributed by atoms with E-state index in [2.05, 4.69) is 18.4 Å². The predicted octanol–water partition coefficient (Wildman–Crippen LogP) is 2.15. The van der Waals surface area contributed by atoms with E-state index in [1.165, 1.54) is 25.9 Å². The fourth-order valence-electron chi connectivity index (χ4n) is 3.03. The Labute approximate surface area is 75.4 Å². The molecule has 1 heterocycles. The van der Waals surface area contributed by atoms with Crippen LogP contribution in [0.2, 0.25) is 0 Å². The molecule has 2 unspecified atom stereocenters. The lowest BCUT2D eigenvalue weighted by atomic mass is 10.0. The number of hydrogen-bond donors (Lipinski definition) is 0. The van der Waals surface area contributed by atoms with Gasteiger partial charge in [-0.05, 0) is 30.6 Å². The third kappa shape index (κ3) is 1.42. The van der Waals surface area contributed by atoms with Gasteiger partial charge in [0.15, 0.2) is 0 Å². The van der Waals surface area contributed by atoms with Crippen molar-refractivity contribution < 1.29 is 0 Å². The lowest BCUT2D eigenvalue weighted by molar-refractivity contribution is 0.330. The minimum atomic E-state index is 0.992. The summed E-state index contributed by atoms with van der Waals surface area (Å²) < 4.78 is 0. The van der Waals surface area contributed by atoms with Gasteiger partial charge in [-0.2, -0.15) is 0 Å². The maximum absolute atomic E-state index is 3.79. The zero-order chi connectivity index (χ0) is 8.55. The molecule has 0 aromatic heterocycles. The van der Waals surface area contributed by atoms with Crippen molar-refractivity contribution in [2.45, 2.75) is 19.8 Å². The Morgan fingerprint density at radius 2 is 1.92 bits per heavy atom. The van der Waals surface area contributed by atoms with E-state index in [0.29, 0.717) is 0 Å². The van der Waals surface area contributed by atoms with Crippen molar-refractivity contribution >= 4 is 0 Å². The molecule has 0 N–H and O–H groups in total. The third-order valence-electron chi connectivity index (χ3n) is 3.45. The molecular formula is C11H19N. The summed E-state index contributed by atoms with van der Waals surface area (Å²) in [7, 11) is 0. The molecule has 1 heteroatoms. The Balaban J connectivity index is 1.89. The second-order valence-corrected chi connectivity index (χ2v) is 4.60. The number of nitrogens with zero attached hydrogens (tertiary/aromatic N) is 1. The lowest BCUT2D eigenvalue weighted by Gasteiger charge is -2.14. The molecule has 1 saturated heterocycles.